The number of nitrogens with zero attached hydrogens (tertiary/aromatic N) is 9. The van der Waals surface area contributed by atoms with E-state index >= 15 is 0 Å². The van der Waals surface area contributed by atoms with E-state index in [-0.39, 0.29) is 0 Å². The molecule has 0 bridgehead atoms. The van der Waals surface area contributed by atoms with E-state index in [1.54, 1.807) is 0 Å². The van der Waals surface area contributed by atoms with Crippen LogP contribution < -0.4 is 16.0 Å². The Bertz CT molecular complexity index is 3850. The van der Waals surface area contributed by atoms with Crippen molar-refractivity contribution in [3.63, 3.8) is 0 Å². The van der Waals surface area contributed by atoms with Crippen LogP contribution in [0.3, 0.4) is 0 Å². The van der Waals surface area contributed by atoms with Crippen molar-refractivity contribution in [2.75, 3.05) is 39.3 Å². The first-order valence-electron chi connectivity index (χ1n) is 34.3. The smallest absolute Gasteiger partial charge is 0.105 e. The maximum Gasteiger partial charge on any atom is 0.105 e. The molecule has 3 fully saturated rings. The van der Waals surface area contributed by atoms with Gasteiger partial charge in [0.25, 0.3) is 0 Å². The SMILES string of the molecule is Cc1nccn1CCCC1=Cc2cc(Cl)ccc2C(C2CCNCC2)c2ncccc21.Cc1nccn1CCCC1=Cc2cc(Cl)ccc2C(C2CCNCC2)c2ncccc21.Cc1nccn1CCCC1Cc2cc(Cl)ccc2C(C2CCNCC2)c2ncccc21. The van der Waals surface area contributed by atoms with Gasteiger partial charge in [0.2, 0.25) is 0 Å². The fraction of sp³-hybridized carbons (Fsp3) is 0.410. The van der Waals surface area contributed by atoms with Gasteiger partial charge >= 0.3 is 0 Å². The molecule has 0 saturated carbocycles. The molecule has 15 heteroatoms. The molecule has 0 radical (unpaired) electrons. The van der Waals surface area contributed by atoms with Crippen molar-refractivity contribution in [3.8, 4) is 0 Å². The Morgan fingerprint density at radius 2 is 0.817 bits per heavy atom. The van der Waals surface area contributed by atoms with Gasteiger partial charge in [-0.15, -0.1) is 0 Å². The summed E-state index contributed by atoms with van der Waals surface area (Å²) in [5.74, 6) is 6.51. The lowest BCUT2D eigenvalue weighted by molar-refractivity contribution is 0.338. The topological polar surface area (TPSA) is 128 Å². The molecule has 4 atom stereocenters. The minimum Gasteiger partial charge on any atom is -0.335 e. The molecule has 93 heavy (non-hydrogen) atoms. The molecule has 3 aromatic carbocycles. The van der Waals surface area contributed by atoms with Crippen LogP contribution in [0.25, 0.3) is 23.3 Å². The molecular weight excluding hydrogens is 1210 g/mol. The fourth-order valence-corrected chi connectivity index (χ4v) is 16.7. The van der Waals surface area contributed by atoms with E-state index in [1.165, 1.54) is 117 Å². The third-order valence-electron chi connectivity index (χ3n) is 20.9. The third-order valence-corrected chi connectivity index (χ3v) is 21.6. The standard InChI is InChI=1S/C26H31ClN4.2C26H29ClN4/c3*1-18-29-13-15-31(18)14-3-4-20-16-21-17-22(27)6-7-23(21)25(19-8-11-28-12-9-19)26-24(20)5-2-10-30-26/h2,5-7,10,13,15,17,19-20,25,28H,3-4,8-9,11-12,14,16H2,1H3;2*2,5-7,10,13,15-17,19,25,28H,3-4,8-9,11-12,14H2,1H3. The number of aromatic nitrogens is 9. The highest BCUT2D eigenvalue weighted by atomic mass is 35.5. The van der Waals surface area contributed by atoms with Crippen molar-refractivity contribution in [2.45, 2.75) is 148 Å². The second kappa shape index (κ2) is 30.6. The van der Waals surface area contributed by atoms with Crippen LogP contribution in [0, 0.1) is 38.5 Å². The number of pyridine rings is 3. The van der Waals surface area contributed by atoms with Crippen molar-refractivity contribution in [3.05, 3.63) is 246 Å². The Morgan fingerprint density at radius 1 is 0.419 bits per heavy atom. The predicted molar refractivity (Wildman–Crippen MR) is 380 cm³/mol. The van der Waals surface area contributed by atoms with Gasteiger partial charge < -0.3 is 29.7 Å². The van der Waals surface area contributed by atoms with E-state index in [1.807, 2.05) is 49.3 Å². The zero-order chi connectivity index (χ0) is 63.6. The van der Waals surface area contributed by atoms with Gasteiger partial charge in [0, 0.05) is 108 Å². The maximum atomic E-state index is 6.48. The molecule has 9 aromatic rings. The summed E-state index contributed by atoms with van der Waals surface area (Å²) >= 11 is 19.4. The number of piperidine rings is 3. The van der Waals surface area contributed by atoms with Crippen LogP contribution in [0.1, 0.15) is 185 Å². The first kappa shape index (κ1) is 64.7. The number of allylic oxidation sites excluding steroid dienone is 2. The first-order chi connectivity index (χ1) is 45.6. The highest BCUT2D eigenvalue weighted by Gasteiger charge is 2.37. The van der Waals surface area contributed by atoms with Crippen molar-refractivity contribution in [2.24, 2.45) is 17.8 Å². The Hall–Kier alpha value is -7.03. The molecule has 482 valence electrons. The van der Waals surface area contributed by atoms with E-state index in [0.29, 0.717) is 41.4 Å². The van der Waals surface area contributed by atoms with Gasteiger partial charge in [-0.3, -0.25) is 15.0 Å². The number of fused-ring (bicyclic) bond motifs is 6. The number of aryl methyl sites for hydroxylation is 6. The quantitative estimate of drug-likeness (QED) is 0.0919. The number of nitrogens with one attached hydrogen (secondary N) is 3. The molecule has 0 spiro atoms. The van der Waals surface area contributed by atoms with Crippen LogP contribution in [0.5, 0.6) is 0 Å². The van der Waals surface area contributed by atoms with Gasteiger partial charge in [0.1, 0.15) is 17.5 Å². The van der Waals surface area contributed by atoms with Crippen molar-refractivity contribution >= 4 is 58.1 Å². The van der Waals surface area contributed by atoms with E-state index in [0.717, 1.165) is 136 Å². The van der Waals surface area contributed by atoms with Crippen molar-refractivity contribution in [1.82, 2.24) is 59.6 Å². The molecule has 0 amide bonds. The summed E-state index contributed by atoms with van der Waals surface area (Å²) in [6.45, 7) is 15.7. The van der Waals surface area contributed by atoms with Crippen LogP contribution in [0.4, 0.5) is 0 Å². The average Bonchev–Trinajstić information content (AvgIpc) is 1.71. The fourth-order valence-electron chi connectivity index (χ4n) is 16.2. The largest absolute Gasteiger partial charge is 0.335 e. The Labute approximate surface area is 565 Å². The van der Waals surface area contributed by atoms with Crippen molar-refractivity contribution in [1.29, 1.82) is 0 Å². The minimum atomic E-state index is 0.315. The van der Waals surface area contributed by atoms with Gasteiger partial charge in [-0.2, -0.15) is 0 Å². The molecule has 6 aromatic heterocycles. The zero-order valence-corrected chi connectivity index (χ0v) is 56.5. The van der Waals surface area contributed by atoms with E-state index < -0.39 is 0 Å². The summed E-state index contributed by atoms with van der Waals surface area (Å²) in [5, 5.41) is 13.0. The monoisotopic (exact) mass is 1300 g/mol. The van der Waals surface area contributed by atoms with Gasteiger partial charge in [-0.05, 0) is 283 Å². The summed E-state index contributed by atoms with van der Waals surface area (Å²) in [6, 6.07) is 32.5. The number of benzene rings is 3. The maximum absolute atomic E-state index is 6.48. The molecule has 12 nitrogen and oxygen atoms in total. The van der Waals surface area contributed by atoms with Gasteiger partial charge in [-0.25, -0.2) is 15.0 Å². The number of hydrogen-bond donors (Lipinski definition) is 3. The predicted octanol–water partition coefficient (Wildman–Crippen LogP) is 16.9. The number of hydrogen-bond acceptors (Lipinski definition) is 9. The number of halogens is 3. The van der Waals surface area contributed by atoms with Crippen LogP contribution in [-0.4, -0.2) is 82.9 Å². The van der Waals surface area contributed by atoms with E-state index in [2.05, 4.69) is 175 Å². The molecule has 3 N–H and O–H groups in total. The van der Waals surface area contributed by atoms with Crippen LogP contribution >= 0.6 is 34.8 Å². The van der Waals surface area contributed by atoms with Crippen molar-refractivity contribution < 1.29 is 0 Å². The second-order valence-corrected chi connectivity index (χ2v) is 27.8. The number of imidazole rings is 3. The lowest BCUT2D eigenvalue weighted by atomic mass is 9.76. The van der Waals surface area contributed by atoms with Crippen LogP contribution in [-0.2, 0) is 26.1 Å². The Kier molecular flexibility index (Phi) is 21.3. The Balaban J connectivity index is 0.000000127. The average molecular weight is 1300 g/mol. The molecule has 4 unspecified atom stereocenters. The second-order valence-electron chi connectivity index (χ2n) is 26.5. The lowest BCUT2D eigenvalue weighted by Crippen LogP contribution is -2.32. The normalized spacial score (nSPS) is 19.6. The number of rotatable bonds is 15. The van der Waals surface area contributed by atoms with E-state index in [4.69, 9.17) is 49.8 Å². The van der Waals surface area contributed by atoms with Gasteiger partial charge in [0.15, 0.2) is 0 Å². The lowest BCUT2D eigenvalue weighted by Gasteiger charge is -2.32. The van der Waals surface area contributed by atoms with Crippen LogP contribution in [0.15, 0.2) is 147 Å². The molecule has 9 heterocycles. The Morgan fingerprint density at radius 3 is 1.26 bits per heavy atom. The van der Waals surface area contributed by atoms with Crippen LogP contribution in [0.2, 0.25) is 15.1 Å². The summed E-state index contributed by atoms with van der Waals surface area (Å²) in [4.78, 5) is 28.0. The third kappa shape index (κ3) is 15.1. The molecule has 15 rings (SSSR count). The molecular formula is C78H89Cl3N12. The highest BCUT2D eigenvalue weighted by Crippen LogP contribution is 2.49. The summed E-state index contributed by atoms with van der Waals surface area (Å²) in [6.07, 6.45) is 37.0. The molecule has 6 aliphatic rings. The zero-order valence-electron chi connectivity index (χ0n) is 54.3. The van der Waals surface area contributed by atoms with Gasteiger partial charge in [-0.1, -0.05) is 83.4 Å². The molecule has 3 aliphatic carbocycles. The molecule has 3 saturated heterocycles. The first-order valence-corrected chi connectivity index (χ1v) is 35.4. The van der Waals surface area contributed by atoms with E-state index in [9.17, 15) is 0 Å². The summed E-state index contributed by atoms with van der Waals surface area (Å²) < 4.78 is 6.71. The molecule has 3 aliphatic heterocycles. The summed E-state index contributed by atoms with van der Waals surface area (Å²) in [7, 11) is 0. The highest BCUT2D eigenvalue weighted by molar-refractivity contribution is 6.31. The minimum absolute atomic E-state index is 0.315. The summed E-state index contributed by atoms with van der Waals surface area (Å²) in [5.41, 5.74) is 18.7. The van der Waals surface area contributed by atoms with Gasteiger partial charge in [0.05, 0.1) is 17.1 Å².